The summed E-state index contributed by atoms with van der Waals surface area (Å²) in [6.07, 6.45) is 6.49. The van der Waals surface area contributed by atoms with E-state index in [1.165, 1.54) is 43.1 Å². The molecule has 1 aliphatic heterocycles. The number of para-hydroxylation sites is 2. The predicted octanol–water partition coefficient (Wildman–Crippen LogP) is 2.02. The van der Waals surface area contributed by atoms with Crippen LogP contribution in [-0.4, -0.2) is 30.0 Å². The van der Waals surface area contributed by atoms with Crippen LogP contribution in [0.15, 0.2) is 24.3 Å². The fourth-order valence-corrected chi connectivity index (χ4v) is 4.30. The molecule has 1 aromatic carbocycles. The van der Waals surface area contributed by atoms with Crippen LogP contribution in [0.5, 0.6) is 0 Å². The maximum atomic E-state index is 12.6. The molecule has 2 fully saturated rings. The first-order valence-corrected chi connectivity index (χ1v) is 8.95. The molecule has 1 saturated carbocycles. The van der Waals surface area contributed by atoms with Crippen LogP contribution in [0.3, 0.4) is 0 Å². The average Bonchev–Trinajstić information content (AvgIpc) is 2.61. The fraction of sp³-hybridized carbons (Fsp3) is 0.611. The zero-order valence-electron chi connectivity index (χ0n) is 14.2. The molecule has 6 nitrogen and oxygen atoms in total. The summed E-state index contributed by atoms with van der Waals surface area (Å²) >= 11 is 0. The van der Waals surface area contributed by atoms with Gasteiger partial charge in [0.05, 0.1) is 18.0 Å². The van der Waals surface area contributed by atoms with Gasteiger partial charge in [0.2, 0.25) is 0 Å². The highest BCUT2D eigenvalue weighted by Gasteiger charge is 2.37. The van der Waals surface area contributed by atoms with Crippen LogP contribution >= 0.6 is 0 Å². The molecule has 4 atom stereocenters. The van der Waals surface area contributed by atoms with E-state index in [0.29, 0.717) is 0 Å². The second-order valence-corrected chi connectivity index (χ2v) is 7.19. The van der Waals surface area contributed by atoms with E-state index in [4.69, 9.17) is 0 Å². The number of hydrogen-bond donors (Lipinski definition) is 2. The second kappa shape index (κ2) is 7.30. The number of carbonyl (C=O) groups is 1. The molecule has 2 N–H and O–H groups in total. The summed E-state index contributed by atoms with van der Waals surface area (Å²) in [6.45, 7) is 4.01. The molecule has 0 radical (unpaired) electrons. The second-order valence-electron chi connectivity index (χ2n) is 7.19. The minimum absolute atomic E-state index is 0.0564. The Morgan fingerprint density at radius 1 is 1.25 bits per heavy atom. The van der Waals surface area contributed by atoms with Gasteiger partial charge in [-0.25, -0.2) is 0 Å². The summed E-state index contributed by atoms with van der Waals surface area (Å²) < 4.78 is 0. The van der Waals surface area contributed by atoms with Gasteiger partial charge in [-0.3, -0.25) is 14.9 Å². The summed E-state index contributed by atoms with van der Waals surface area (Å²) in [4.78, 5) is 24.5. The van der Waals surface area contributed by atoms with Crippen molar-refractivity contribution < 1.29 is 14.6 Å². The van der Waals surface area contributed by atoms with Crippen LogP contribution < -0.4 is 10.2 Å². The molecule has 6 heteroatoms. The average molecular weight is 332 g/mol. The Morgan fingerprint density at radius 2 is 1.96 bits per heavy atom. The third-order valence-electron chi connectivity index (χ3n) is 5.79. The largest absolute Gasteiger partial charge is 0.325 e. The summed E-state index contributed by atoms with van der Waals surface area (Å²) in [5.74, 6) is 1.45. The number of amides is 1. The Morgan fingerprint density at radius 3 is 2.71 bits per heavy atom. The standard InChI is InChI=1S/C18H25N3O3/c1-13(20-11-10-14-6-2-3-7-15(14)12-20)18(22)19-16-8-4-5-9-17(16)21(23)24/h4-5,8-9,13-15H,2-3,6-7,10-12H2,1H3,(H,19,22)/p+1/t13-,14-,15+/m0/s1. The Kier molecular flexibility index (Phi) is 5.14. The van der Waals surface area contributed by atoms with Gasteiger partial charge in [-0.15, -0.1) is 0 Å². The number of nitro benzene ring substituents is 1. The van der Waals surface area contributed by atoms with Crippen molar-refractivity contribution in [3.05, 3.63) is 34.4 Å². The van der Waals surface area contributed by atoms with Crippen molar-refractivity contribution in [2.75, 3.05) is 18.4 Å². The number of quaternary nitrogens is 1. The topological polar surface area (TPSA) is 76.7 Å². The van der Waals surface area contributed by atoms with Gasteiger partial charge in [-0.2, -0.15) is 0 Å². The van der Waals surface area contributed by atoms with Crippen molar-refractivity contribution in [1.82, 2.24) is 0 Å². The monoisotopic (exact) mass is 332 g/mol. The first kappa shape index (κ1) is 16.9. The summed E-state index contributed by atoms with van der Waals surface area (Å²) in [5, 5.41) is 13.8. The third-order valence-corrected chi connectivity index (χ3v) is 5.79. The van der Waals surface area contributed by atoms with Crippen LogP contribution in [-0.2, 0) is 4.79 Å². The molecule has 130 valence electrons. The minimum atomic E-state index is -0.458. The van der Waals surface area contributed by atoms with Gasteiger partial charge in [0.1, 0.15) is 5.69 Å². The highest BCUT2D eigenvalue weighted by molar-refractivity contribution is 5.95. The van der Waals surface area contributed by atoms with E-state index in [2.05, 4.69) is 5.32 Å². The number of anilines is 1. The normalized spacial score (nSPS) is 27.8. The number of piperidine rings is 1. The first-order chi connectivity index (χ1) is 11.6. The van der Waals surface area contributed by atoms with Gasteiger partial charge in [0.15, 0.2) is 6.04 Å². The number of hydrogen-bond acceptors (Lipinski definition) is 3. The lowest BCUT2D eigenvalue weighted by atomic mass is 9.75. The molecule has 0 spiro atoms. The van der Waals surface area contributed by atoms with Crippen molar-refractivity contribution in [3.63, 3.8) is 0 Å². The molecular weight excluding hydrogens is 306 g/mol. The lowest BCUT2D eigenvalue weighted by molar-refractivity contribution is -0.924. The fourth-order valence-electron chi connectivity index (χ4n) is 4.30. The number of nitro groups is 1. The van der Waals surface area contributed by atoms with Gasteiger partial charge in [-0.05, 0) is 38.2 Å². The number of benzene rings is 1. The first-order valence-electron chi connectivity index (χ1n) is 8.95. The Bertz CT molecular complexity index is 619. The summed E-state index contributed by atoms with van der Waals surface area (Å²) in [6, 6.07) is 6.13. The molecule has 1 aromatic rings. The number of fused-ring (bicyclic) bond motifs is 1. The molecule has 1 saturated heterocycles. The Hall–Kier alpha value is -1.95. The number of nitrogens with one attached hydrogen (secondary N) is 2. The van der Waals surface area contributed by atoms with Crippen molar-refractivity contribution in [2.45, 2.75) is 45.1 Å². The molecule has 3 rings (SSSR count). The molecule has 1 heterocycles. The zero-order valence-corrected chi connectivity index (χ0v) is 14.2. The SMILES string of the molecule is C[C@@H](C(=O)Nc1ccccc1[N+](=O)[O-])[NH+]1CC[C@@H]2CCCC[C@@H]2C1. The van der Waals surface area contributed by atoms with Crippen molar-refractivity contribution >= 4 is 17.3 Å². The lowest BCUT2D eigenvalue weighted by Gasteiger charge is -2.40. The van der Waals surface area contributed by atoms with Crippen LogP contribution in [0.1, 0.15) is 39.0 Å². The Labute approximate surface area is 142 Å². The van der Waals surface area contributed by atoms with E-state index >= 15 is 0 Å². The van der Waals surface area contributed by atoms with Crippen molar-refractivity contribution in [2.24, 2.45) is 11.8 Å². The smallest absolute Gasteiger partial charge is 0.292 e. The molecule has 24 heavy (non-hydrogen) atoms. The minimum Gasteiger partial charge on any atom is -0.325 e. The molecule has 1 aliphatic carbocycles. The van der Waals surface area contributed by atoms with Gasteiger partial charge in [0, 0.05) is 12.0 Å². The molecule has 1 unspecified atom stereocenters. The van der Waals surface area contributed by atoms with E-state index < -0.39 is 4.92 Å². The van der Waals surface area contributed by atoms with Crippen LogP contribution in [0.25, 0.3) is 0 Å². The van der Waals surface area contributed by atoms with E-state index in [9.17, 15) is 14.9 Å². The number of carbonyl (C=O) groups excluding carboxylic acids is 1. The van der Waals surface area contributed by atoms with Gasteiger partial charge >= 0.3 is 0 Å². The highest BCUT2D eigenvalue weighted by Crippen LogP contribution is 2.32. The summed E-state index contributed by atoms with van der Waals surface area (Å²) in [5.41, 5.74) is 0.227. The van der Waals surface area contributed by atoms with Crippen LogP contribution in [0, 0.1) is 22.0 Å². The van der Waals surface area contributed by atoms with E-state index in [-0.39, 0.29) is 23.3 Å². The quantitative estimate of drug-likeness (QED) is 0.654. The maximum absolute atomic E-state index is 12.6. The molecule has 0 bridgehead atoms. The highest BCUT2D eigenvalue weighted by atomic mass is 16.6. The third kappa shape index (κ3) is 3.59. The molecule has 0 aromatic heterocycles. The van der Waals surface area contributed by atoms with E-state index in [0.717, 1.165) is 24.9 Å². The number of rotatable bonds is 4. The number of nitrogens with zero attached hydrogens (tertiary/aromatic N) is 1. The van der Waals surface area contributed by atoms with Crippen LogP contribution in [0.2, 0.25) is 0 Å². The maximum Gasteiger partial charge on any atom is 0.292 e. The number of likely N-dealkylation sites (tertiary alicyclic amines) is 1. The zero-order chi connectivity index (χ0) is 17.1. The summed E-state index contributed by atoms with van der Waals surface area (Å²) in [7, 11) is 0. The van der Waals surface area contributed by atoms with E-state index in [1.807, 2.05) is 6.92 Å². The van der Waals surface area contributed by atoms with E-state index in [1.54, 1.807) is 18.2 Å². The molecule has 1 amide bonds. The molecule has 2 aliphatic rings. The molecular formula is C18H26N3O3+. The lowest BCUT2D eigenvalue weighted by Crippen LogP contribution is -3.18. The predicted molar refractivity (Wildman–Crippen MR) is 91.9 cm³/mol. The Balaban J connectivity index is 1.64. The van der Waals surface area contributed by atoms with Gasteiger partial charge < -0.3 is 10.2 Å². The van der Waals surface area contributed by atoms with Crippen LogP contribution in [0.4, 0.5) is 11.4 Å². The van der Waals surface area contributed by atoms with Crippen molar-refractivity contribution in [1.29, 1.82) is 0 Å². The van der Waals surface area contributed by atoms with Gasteiger partial charge in [-0.1, -0.05) is 25.0 Å². The van der Waals surface area contributed by atoms with Gasteiger partial charge in [0.25, 0.3) is 11.6 Å². The van der Waals surface area contributed by atoms with Crippen molar-refractivity contribution in [3.8, 4) is 0 Å².